The third kappa shape index (κ3) is 5.31. The standard InChI is InChI=1S/C20H29N3O3/c1-5-17(24)21-15-9-6-10-16(12-15)22-18(25)14-8-7-11-23(13-14)19(26)20(2,3)4/h6,9-10,12,14H,5,7-8,11,13H2,1-4H3,(H,21,24)(H,22,25). The second-order valence-corrected chi connectivity index (χ2v) is 7.81. The summed E-state index contributed by atoms with van der Waals surface area (Å²) in [5, 5.41) is 5.69. The van der Waals surface area contributed by atoms with Crippen LogP contribution in [0, 0.1) is 11.3 Å². The fourth-order valence-corrected chi connectivity index (χ4v) is 3.02. The first-order chi connectivity index (χ1) is 12.2. The van der Waals surface area contributed by atoms with E-state index in [1.54, 1.807) is 36.1 Å². The number of anilines is 2. The Kier molecular flexibility index (Phi) is 6.40. The lowest BCUT2D eigenvalue weighted by Crippen LogP contribution is -2.47. The van der Waals surface area contributed by atoms with E-state index in [-0.39, 0.29) is 23.6 Å². The first-order valence-electron chi connectivity index (χ1n) is 9.21. The maximum atomic E-state index is 12.6. The molecule has 0 bridgehead atoms. The van der Waals surface area contributed by atoms with Gasteiger partial charge in [-0.3, -0.25) is 14.4 Å². The number of piperidine rings is 1. The van der Waals surface area contributed by atoms with Gasteiger partial charge in [0.25, 0.3) is 0 Å². The highest BCUT2D eigenvalue weighted by Gasteiger charge is 2.33. The average Bonchev–Trinajstić information content (AvgIpc) is 2.60. The van der Waals surface area contributed by atoms with Gasteiger partial charge in [-0.25, -0.2) is 0 Å². The predicted molar refractivity (Wildman–Crippen MR) is 103 cm³/mol. The number of benzene rings is 1. The van der Waals surface area contributed by atoms with Crippen LogP contribution in [-0.4, -0.2) is 35.7 Å². The van der Waals surface area contributed by atoms with Crippen molar-refractivity contribution in [2.45, 2.75) is 47.0 Å². The smallest absolute Gasteiger partial charge is 0.229 e. The van der Waals surface area contributed by atoms with Crippen molar-refractivity contribution in [2.75, 3.05) is 23.7 Å². The summed E-state index contributed by atoms with van der Waals surface area (Å²) in [6.45, 7) is 8.64. The first kappa shape index (κ1) is 19.9. The van der Waals surface area contributed by atoms with Crippen LogP contribution in [0.5, 0.6) is 0 Å². The Bertz CT molecular complexity index is 679. The normalized spacial score (nSPS) is 17.5. The molecule has 0 spiro atoms. The molecule has 1 aliphatic heterocycles. The van der Waals surface area contributed by atoms with Crippen LogP contribution >= 0.6 is 0 Å². The first-order valence-corrected chi connectivity index (χ1v) is 9.21. The summed E-state index contributed by atoms with van der Waals surface area (Å²) < 4.78 is 0. The molecule has 1 atom stereocenters. The highest BCUT2D eigenvalue weighted by atomic mass is 16.2. The summed E-state index contributed by atoms with van der Waals surface area (Å²) in [5.74, 6) is -0.296. The molecule has 0 aromatic heterocycles. The minimum atomic E-state index is -0.440. The van der Waals surface area contributed by atoms with Gasteiger partial charge in [-0.2, -0.15) is 0 Å². The Labute approximate surface area is 155 Å². The van der Waals surface area contributed by atoms with Crippen LogP contribution < -0.4 is 10.6 Å². The third-order valence-electron chi connectivity index (χ3n) is 4.46. The summed E-state index contributed by atoms with van der Waals surface area (Å²) in [6.07, 6.45) is 1.99. The van der Waals surface area contributed by atoms with Crippen LogP contribution in [0.25, 0.3) is 0 Å². The Morgan fingerprint density at radius 2 is 1.81 bits per heavy atom. The molecule has 0 aliphatic carbocycles. The minimum Gasteiger partial charge on any atom is -0.341 e. The Morgan fingerprint density at radius 3 is 2.42 bits per heavy atom. The second-order valence-electron chi connectivity index (χ2n) is 7.81. The molecule has 0 saturated carbocycles. The van der Waals surface area contributed by atoms with E-state index in [1.165, 1.54) is 0 Å². The lowest BCUT2D eigenvalue weighted by Gasteiger charge is -2.35. The van der Waals surface area contributed by atoms with Gasteiger partial charge in [0.2, 0.25) is 17.7 Å². The van der Waals surface area contributed by atoms with E-state index in [0.29, 0.717) is 30.9 Å². The largest absolute Gasteiger partial charge is 0.341 e. The van der Waals surface area contributed by atoms with E-state index >= 15 is 0 Å². The van der Waals surface area contributed by atoms with Crippen molar-refractivity contribution in [1.29, 1.82) is 0 Å². The number of nitrogens with one attached hydrogen (secondary N) is 2. The zero-order chi connectivity index (χ0) is 19.3. The van der Waals surface area contributed by atoms with Crippen LogP contribution in [-0.2, 0) is 14.4 Å². The van der Waals surface area contributed by atoms with E-state index in [2.05, 4.69) is 10.6 Å². The quantitative estimate of drug-likeness (QED) is 0.866. The number of rotatable bonds is 4. The molecule has 6 heteroatoms. The monoisotopic (exact) mass is 359 g/mol. The van der Waals surface area contributed by atoms with E-state index in [4.69, 9.17) is 0 Å². The van der Waals surface area contributed by atoms with Gasteiger partial charge in [-0.05, 0) is 31.0 Å². The average molecular weight is 359 g/mol. The van der Waals surface area contributed by atoms with Crippen LogP contribution in [0.15, 0.2) is 24.3 Å². The maximum absolute atomic E-state index is 12.6. The number of amides is 3. The molecule has 6 nitrogen and oxygen atoms in total. The van der Waals surface area contributed by atoms with Gasteiger partial charge >= 0.3 is 0 Å². The van der Waals surface area contributed by atoms with Gasteiger partial charge in [0.05, 0.1) is 5.92 Å². The van der Waals surface area contributed by atoms with Crippen molar-refractivity contribution in [3.05, 3.63) is 24.3 Å². The molecule has 1 fully saturated rings. The van der Waals surface area contributed by atoms with E-state index < -0.39 is 5.41 Å². The van der Waals surface area contributed by atoms with Gasteiger partial charge in [0.15, 0.2) is 0 Å². The SMILES string of the molecule is CCC(=O)Nc1cccc(NC(=O)C2CCCN(C(=O)C(C)(C)C)C2)c1. The molecule has 142 valence electrons. The summed E-state index contributed by atoms with van der Waals surface area (Å²) in [4.78, 5) is 38.4. The summed E-state index contributed by atoms with van der Waals surface area (Å²) >= 11 is 0. The number of carbonyl (C=O) groups is 3. The Hall–Kier alpha value is -2.37. The fourth-order valence-electron chi connectivity index (χ4n) is 3.02. The lowest BCUT2D eigenvalue weighted by molar-refractivity contribution is -0.142. The number of carbonyl (C=O) groups excluding carboxylic acids is 3. The van der Waals surface area contributed by atoms with Crippen LogP contribution in [0.1, 0.15) is 47.0 Å². The maximum Gasteiger partial charge on any atom is 0.229 e. The summed E-state index contributed by atoms with van der Waals surface area (Å²) in [6, 6.07) is 7.11. The summed E-state index contributed by atoms with van der Waals surface area (Å²) in [7, 11) is 0. The van der Waals surface area contributed by atoms with Crippen molar-refractivity contribution < 1.29 is 14.4 Å². The van der Waals surface area contributed by atoms with Gasteiger partial charge in [0.1, 0.15) is 0 Å². The second kappa shape index (κ2) is 8.34. The highest BCUT2D eigenvalue weighted by Crippen LogP contribution is 2.25. The molecule has 1 aliphatic rings. The van der Waals surface area contributed by atoms with Gasteiger partial charge in [-0.1, -0.05) is 33.8 Å². The number of likely N-dealkylation sites (tertiary alicyclic amines) is 1. The Balaban J connectivity index is 2.00. The number of hydrogen-bond donors (Lipinski definition) is 2. The fraction of sp³-hybridized carbons (Fsp3) is 0.550. The van der Waals surface area contributed by atoms with Crippen molar-refractivity contribution in [2.24, 2.45) is 11.3 Å². The van der Waals surface area contributed by atoms with Gasteiger partial charge in [-0.15, -0.1) is 0 Å². The molecule has 2 N–H and O–H groups in total. The molecular formula is C20H29N3O3. The highest BCUT2D eigenvalue weighted by molar-refractivity contribution is 5.95. The lowest BCUT2D eigenvalue weighted by atomic mass is 9.91. The van der Waals surface area contributed by atoms with Crippen LogP contribution in [0.4, 0.5) is 11.4 Å². The number of hydrogen-bond acceptors (Lipinski definition) is 3. The van der Waals surface area contributed by atoms with E-state index in [9.17, 15) is 14.4 Å². The van der Waals surface area contributed by atoms with Crippen molar-refractivity contribution >= 4 is 29.1 Å². The van der Waals surface area contributed by atoms with Gasteiger partial charge in [0, 0.05) is 36.3 Å². The zero-order valence-electron chi connectivity index (χ0n) is 16.1. The van der Waals surface area contributed by atoms with Crippen molar-refractivity contribution in [1.82, 2.24) is 4.90 Å². The van der Waals surface area contributed by atoms with Crippen molar-refractivity contribution in [3.8, 4) is 0 Å². The predicted octanol–water partition coefficient (Wildman–Crippen LogP) is 3.26. The number of nitrogens with zero attached hydrogens (tertiary/aromatic N) is 1. The Morgan fingerprint density at radius 1 is 1.15 bits per heavy atom. The molecule has 3 amide bonds. The van der Waals surface area contributed by atoms with E-state index in [1.807, 2.05) is 20.8 Å². The molecule has 1 saturated heterocycles. The van der Waals surface area contributed by atoms with E-state index in [0.717, 1.165) is 12.8 Å². The molecule has 1 unspecified atom stereocenters. The molecule has 1 aromatic carbocycles. The topological polar surface area (TPSA) is 78.5 Å². The molecule has 1 aromatic rings. The third-order valence-corrected chi connectivity index (χ3v) is 4.46. The summed E-state index contributed by atoms with van der Waals surface area (Å²) in [5.41, 5.74) is 0.857. The molecule has 26 heavy (non-hydrogen) atoms. The molecule has 2 rings (SSSR count). The van der Waals surface area contributed by atoms with Crippen LogP contribution in [0.3, 0.4) is 0 Å². The van der Waals surface area contributed by atoms with Crippen molar-refractivity contribution in [3.63, 3.8) is 0 Å². The molecular weight excluding hydrogens is 330 g/mol. The van der Waals surface area contributed by atoms with Gasteiger partial charge < -0.3 is 15.5 Å². The molecule has 0 radical (unpaired) electrons. The van der Waals surface area contributed by atoms with Crippen LogP contribution in [0.2, 0.25) is 0 Å². The minimum absolute atomic E-state index is 0.0721. The zero-order valence-corrected chi connectivity index (χ0v) is 16.1. The molecule has 1 heterocycles.